The maximum Gasteiger partial charge on any atom is 0.336 e. The largest absolute Gasteiger partial charge is 0.432 e. The monoisotopic (exact) mass is 318 g/mol. The summed E-state index contributed by atoms with van der Waals surface area (Å²) in [6.45, 7) is 11.6. The van der Waals surface area contributed by atoms with Crippen molar-refractivity contribution in [2.24, 2.45) is 22.7 Å². The SMILES string of the molecule is C=C1CC[C@H]2C(C)(C)CCC[C@]2(C)[C@H]1C/C=C1\C[C@@H](O)OC1=O. The van der Waals surface area contributed by atoms with Gasteiger partial charge in [0.05, 0.1) is 0 Å². The van der Waals surface area contributed by atoms with Gasteiger partial charge in [-0.2, -0.15) is 0 Å². The molecular weight excluding hydrogens is 288 g/mol. The van der Waals surface area contributed by atoms with Crippen LogP contribution in [-0.2, 0) is 9.53 Å². The van der Waals surface area contributed by atoms with Gasteiger partial charge in [0, 0.05) is 12.0 Å². The Kier molecular flexibility index (Phi) is 4.20. The first-order chi connectivity index (χ1) is 10.7. The molecule has 3 aliphatic rings. The quantitative estimate of drug-likeness (QED) is 0.467. The topological polar surface area (TPSA) is 46.5 Å². The summed E-state index contributed by atoms with van der Waals surface area (Å²) in [6, 6.07) is 0. The highest BCUT2D eigenvalue weighted by Crippen LogP contribution is 2.61. The number of allylic oxidation sites excluding steroid dienone is 2. The minimum atomic E-state index is -0.958. The fourth-order valence-electron chi connectivity index (χ4n) is 5.65. The van der Waals surface area contributed by atoms with E-state index in [9.17, 15) is 9.90 Å². The number of ether oxygens (including phenoxy) is 1. The Hall–Kier alpha value is -1.09. The molecule has 2 aliphatic carbocycles. The Labute approximate surface area is 139 Å². The van der Waals surface area contributed by atoms with Crippen LogP contribution in [0.1, 0.15) is 65.7 Å². The number of esters is 1. The van der Waals surface area contributed by atoms with E-state index in [-0.39, 0.29) is 11.4 Å². The first kappa shape index (κ1) is 16.8. The molecule has 0 aromatic heterocycles. The van der Waals surface area contributed by atoms with Gasteiger partial charge in [-0.15, -0.1) is 0 Å². The minimum Gasteiger partial charge on any atom is -0.432 e. The third kappa shape index (κ3) is 2.88. The summed E-state index contributed by atoms with van der Waals surface area (Å²) in [6.07, 6.45) is 8.40. The second-order valence-electron chi connectivity index (χ2n) is 8.68. The van der Waals surface area contributed by atoms with Crippen LogP contribution in [0.5, 0.6) is 0 Å². The van der Waals surface area contributed by atoms with Crippen molar-refractivity contribution in [1.29, 1.82) is 0 Å². The molecule has 23 heavy (non-hydrogen) atoms. The summed E-state index contributed by atoms with van der Waals surface area (Å²) >= 11 is 0. The van der Waals surface area contributed by atoms with Crippen molar-refractivity contribution in [3.63, 3.8) is 0 Å². The van der Waals surface area contributed by atoms with Crippen LogP contribution in [0.15, 0.2) is 23.8 Å². The number of hydrogen-bond acceptors (Lipinski definition) is 3. The second-order valence-corrected chi connectivity index (χ2v) is 8.68. The van der Waals surface area contributed by atoms with Crippen molar-refractivity contribution in [2.75, 3.05) is 0 Å². The molecule has 3 heteroatoms. The standard InChI is InChI=1S/C20H30O3/c1-13-6-9-16-19(2,3)10-5-11-20(16,4)15(13)8-7-14-12-17(21)23-18(14)22/h7,15-17,21H,1,5-6,8-12H2,2-4H3/b14-7+/t15-,16-,17-,20+/m0/s1. The zero-order valence-corrected chi connectivity index (χ0v) is 14.7. The molecule has 1 N–H and O–H groups in total. The zero-order chi connectivity index (χ0) is 16.8. The minimum absolute atomic E-state index is 0.273. The lowest BCUT2D eigenvalue weighted by atomic mass is 9.47. The third-order valence-electron chi connectivity index (χ3n) is 6.82. The van der Waals surface area contributed by atoms with E-state index in [0.29, 0.717) is 23.3 Å². The van der Waals surface area contributed by atoms with Gasteiger partial charge in [0.25, 0.3) is 0 Å². The van der Waals surface area contributed by atoms with Crippen LogP contribution in [0, 0.1) is 22.7 Å². The molecule has 0 aromatic rings. The molecule has 4 atom stereocenters. The van der Waals surface area contributed by atoms with E-state index in [1.807, 2.05) is 6.08 Å². The molecule has 3 nitrogen and oxygen atoms in total. The number of aliphatic hydroxyl groups excluding tert-OH is 1. The lowest BCUT2D eigenvalue weighted by Crippen LogP contribution is -2.49. The van der Waals surface area contributed by atoms with Gasteiger partial charge < -0.3 is 9.84 Å². The van der Waals surface area contributed by atoms with Crippen molar-refractivity contribution in [3.05, 3.63) is 23.8 Å². The molecule has 1 heterocycles. The molecule has 3 fully saturated rings. The summed E-state index contributed by atoms with van der Waals surface area (Å²) in [7, 11) is 0. The van der Waals surface area contributed by atoms with Gasteiger partial charge in [-0.1, -0.05) is 45.4 Å². The molecule has 0 spiro atoms. The van der Waals surface area contributed by atoms with Gasteiger partial charge in [0.2, 0.25) is 6.29 Å². The van der Waals surface area contributed by atoms with Gasteiger partial charge in [-0.05, 0) is 54.8 Å². The molecule has 2 saturated carbocycles. The van der Waals surface area contributed by atoms with Crippen molar-refractivity contribution < 1.29 is 14.6 Å². The molecule has 0 unspecified atom stereocenters. The smallest absolute Gasteiger partial charge is 0.336 e. The van der Waals surface area contributed by atoms with Crippen LogP contribution in [0.25, 0.3) is 0 Å². The van der Waals surface area contributed by atoms with Gasteiger partial charge in [0.15, 0.2) is 0 Å². The van der Waals surface area contributed by atoms with Crippen LogP contribution in [0.3, 0.4) is 0 Å². The first-order valence-corrected chi connectivity index (χ1v) is 9.00. The van der Waals surface area contributed by atoms with E-state index in [1.54, 1.807) is 0 Å². The predicted molar refractivity (Wildman–Crippen MR) is 90.5 cm³/mol. The molecule has 0 radical (unpaired) electrons. The second kappa shape index (κ2) is 5.77. The molecule has 0 amide bonds. The average molecular weight is 318 g/mol. The molecule has 3 rings (SSSR count). The Balaban J connectivity index is 1.83. The van der Waals surface area contributed by atoms with E-state index in [0.717, 1.165) is 18.8 Å². The number of cyclic esters (lactones) is 1. The van der Waals surface area contributed by atoms with Gasteiger partial charge in [-0.3, -0.25) is 0 Å². The average Bonchev–Trinajstić information content (AvgIpc) is 2.75. The van der Waals surface area contributed by atoms with E-state index in [1.165, 1.54) is 31.3 Å². The number of fused-ring (bicyclic) bond motifs is 1. The van der Waals surface area contributed by atoms with Crippen LogP contribution < -0.4 is 0 Å². The molecule has 1 aliphatic heterocycles. The predicted octanol–water partition coefficient (Wildman–Crippen LogP) is 4.37. The summed E-state index contributed by atoms with van der Waals surface area (Å²) in [5, 5.41) is 9.46. The molecule has 0 bridgehead atoms. The number of carbonyl (C=O) groups is 1. The number of hydrogen-bond donors (Lipinski definition) is 1. The maximum atomic E-state index is 11.7. The van der Waals surface area contributed by atoms with Crippen LogP contribution >= 0.6 is 0 Å². The summed E-state index contributed by atoms with van der Waals surface area (Å²) in [5.41, 5.74) is 2.63. The third-order valence-corrected chi connectivity index (χ3v) is 6.82. The van der Waals surface area contributed by atoms with Crippen LogP contribution in [0.2, 0.25) is 0 Å². The van der Waals surface area contributed by atoms with Crippen molar-refractivity contribution in [3.8, 4) is 0 Å². The highest BCUT2D eigenvalue weighted by molar-refractivity contribution is 5.90. The van der Waals surface area contributed by atoms with E-state index in [4.69, 9.17) is 4.74 Å². The van der Waals surface area contributed by atoms with Gasteiger partial charge >= 0.3 is 5.97 Å². The maximum absolute atomic E-state index is 11.7. The van der Waals surface area contributed by atoms with Crippen molar-refractivity contribution >= 4 is 5.97 Å². The Morgan fingerprint density at radius 1 is 1.35 bits per heavy atom. The fraction of sp³-hybridized carbons (Fsp3) is 0.750. The Morgan fingerprint density at radius 2 is 2.09 bits per heavy atom. The van der Waals surface area contributed by atoms with Crippen LogP contribution in [-0.4, -0.2) is 17.4 Å². The summed E-state index contributed by atoms with van der Waals surface area (Å²) in [5.74, 6) is 0.794. The Morgan fingerprint density at radius 3 is 2.74 bits per heavy atom. The highest BCUT2D eigenvalue weighted by Gasteiger charge is 2.52. The van der Waals surface area contributed by atoms with Gasteiger partial charge in [-0.25, -0.2) is 4.79 Å². The lowest BCUT2D eigenvalue weighted by Gasteiger charge is -2.58. The fourth-order valence-corrected chi connectivity index (χ4v) is 5.65. The Bertz CT molecular complexity index is 545. The first-order valence-electron chi connectivity index (χ1n) is 9.00. The van der Waals surface area contributed by atoms with E-state index in [2.05, 4.69) is 27.4 Å². The number of rotatable bonds is 2. The highest BCUT2D eigenvalue weighted by atomic mass is 16.6. The van der Waals surface area contributed by atoms with E-state index < -0.39 is 6.29 Å². The number of carbonyl (C=O) groups excluding carboxylic acids is 1. The molecule has 1 saturated heterocycles. The molecule has 0 aromatic carbocycles. The normalized spacial score (nSPS) is 41.7. The molecule has 128 valence electrons. The van der Waals surface area contributed by atoms with Gasteiger partial charge in [0.1, 0.15) is 0 Å². The summed E-state index contributed by atoms with van der Waals surface area (Å²) < 4.78 is 4.83. The van der Waals surface area contributed by atoms with Crippen LogP contribution in [0.4, 0.5) is 0 Å². The van der Waals surface area contributed by atoms with E-state index >= 15 is 0 Å². The zero-order valence-electron chi connectivity index (χ0n) is 14.7. The summed E-state index contributed by atoms with van der Waals surface area (Å²) in [4.78, 5) is 11.7. The van der Waals surface area contributed by atoms with Crippen molar-refractivity contribution in [1.82, 2.24) is 0 Å². The molecular formula is C20H30O3. The number of aliphatic hydroxyl groups is 1. The van der Waals surface area contributed by atoms with Crippen molar-refractivity contribution in [2.45, 2.75) is 72.0 Å². The lowest BCUT2D eigenvalue weighted by molar-refractivity contribution is -0.152.